The third-order valence-electron chi connectivity index (χ3n) is 3.01. The van der Waals surface area contributed by atoms with Crippen LogP contribution in [-0.4, -0.2) is 7.05 Å². The van der Waals surface area contributed by atoms with Crippen LogP contribution in [0.2, 0.25) is 10.0 Å². The fourth-order valence-electron chi connectivity index (χ4n) is 2.05. The van der Waals surface area contributed by atoms with E-state index >= 15 is 0 Å². The molecule has 100 valence electrons. The predicted octanol–water partition coefficient (Wildman–Crippen LogP) is 5.26. The molecule has 0 aliphatic heterocycles. The summed E-state index contributed by atoms with van der Waals surface area (Å²) >= 11 is 15.8. The Labute approximate surface area is 132 Å². The topological polar surface area (TPSA) is 12.0 Å². The standard InChI is InChI=1S/C15H14BrCl2N/c1-19-15(8-10-3-2-4-12(17)7-10)13-9-11(16)5-6-14(13)18/h2-7,9,15,19H,8H2,1H3. The normalized spacial score (nSPS) is 12.4. The summed E-state index contributed by atoms with van der Waals surface area (Å²) in [4.78, 5) is 0. The summed E-state index contributed by atoms with van der Waals surface area (Å²) in [6.07, 6.45) is 0.841. The number of hydrogen-bond acceptors (Lipinski definition) is 1. The van der Waals surface area contributed by atoms with Gasteiger partial charge < -0.3 is 5.32 Å². The first-order chi connectivity index (χ1) is 9.10. The lowest BCUT2D eigenvalue weighted by Crippen LogP contribution is -2.19. The number of likely N-dealkylation sites (N-methyl/N-ethyl adjacent to an activating group) is 1. The van der Waals surface area contributed by atoms with Crippen LogP contribution in [0.25, 0.3) is 0 Å². The van der Waals surface area contributed by atoms with Gasteiger partial charge in [0.15, 0.2) is 0 Å². The minimum Gasteiger partial charge on any atom is -0.313 e. The Morgan fingerprint density at radius 2 is 1.95 bits per heavy atom. The lowest BCUT2D eigenvalue weighted by atomic mass is 9.99. The van der Waals surface area contributed by atoms with Crippen molar-refractivity contribution < 1.29 is 0 Å². The van der Waals surface area contributed by atoms with Gasteiger partial charge in [-0.2, -0.15) is 0 Å². The van der Waals surface area contributed by atoms with E-state index in [0.29, 0.717) is 0 Å². The summed E-state index contributed by atoms with van der Waals surface area (Å²) in [5, 5.41) is 4.83. The van der Waals surface area contributed by atoms with Crippen molar-refractivity contribution in [2.45, 2.75) is 12.5 Å². The molecule has 0 bridgehead atoms. The minimum atomic E-state index is 0.156. The number of halogens is 3. The van der Waals surface area contributed by atoms with Gasteiger partial charge in [-0.15, -0.1) is 0 Å². The molecule has 0 aliphatic carbocycles. The van der Waals surface area contributed by atoms with Gasteiger partial charge in [-0.3, -0.25) is 0 Å². The second kappa shape index (κ2) is 6.76. The molecule has 1 N–H and O–H groups in total. The van der Waals surface area contributed by atoms with Gasteiger partial charge in [0.1, 0.15) is 0 Å². The number of hydrogen-bond donors (Lipinski definition) is 1. The van der Waals surface area contributed by atoms with E-state index in [0.717, 1.165) is 26.5 Å². The van der Waals surface area contributed by atoms with E-state index in [1.165, 1.54) is 5.56 Å². The molecule has 0 heterocycles. The molecule has 0 spiro atoms. The zero-order valence-electron chi connectivity index (χ0n) is 10.5. The van der Waals surface area contributed by atoms with E-state index in [4.69, 9.17) is 23.2 Å². The Morgan fingerprint density at radius 3 is 2.63 bits per heavy atom. The van der Waals surface area contributed by atoms with E-state index in [-0.39, 0.29) is 6.04 Å². The van der Waals surface area contributed by atoms with Gasteiger partial charge in [0.05, 0.1) is 0 Å². The maximum absolute atomic E-state index is 6.28. The molecule has 0 aliphatic rings. The minimum absolute atomic E-state index is 0.156. The van der Waals surface area contributed by atoms with E-state index in [2.05, 4.69) is 27.3 Å². The molecule has 1 atom stereocenters. The van der Waals surface area contributed by atoms with Crippen LogP contribution in [0.4, 0.5) is 0 Å². The highest BCUT2D eigenvalue weighted by atomic mass is 79.9. The van der Waals surface area contributed by atoms with Crippen molar-refractivity contribution in [2.24, 2.45) is 0 Å². The SMILES string of the molecule is CNC(Cc1cccc(Cl)c1)c1cc(Br)ccc1Cl. The fraction of sp³-hybridized carbons (Fsp3) is 0.200. The monoisotopic (exact) mass is 357 g/mol. The highest BCUT2D eigenvalue weighted by molar-refractivity contribution is 9.10. The number of benzene rings is 2. The molecule has 2 rings (SSSR count). The zero-order valence-corrected chi connectivity index (χ0v) is 13.6. The first-order valence-electron chi connectivity index (χ1n) is 5.97. The lowest BCUT2D eigenvalue weighted by molar-refractivity contribution is 0.592. The van der Waals surface area contributed by atoms with E-state index in [1.54, 1.807) is 0 Å². The van der Waals surface area contributed by atoms with Gasteiger partial charge in [-0.05, 0) is 54.9 Å². The van der Waals surface area contributed by atoms with Crippen LogP contribution in [0.1, 0.15) is 17.2 Å². The van der Waals surface area contributed by atoms with Gasteiger partial charge in [-0.1, -0.05) is 51.3 Å². The highest BCUT2D eigenvalue weighted by Crippen LogP contribution is 2.29. The summed E-state index contributed by atoms with van der Waals surface area (Å²) in [5.41, 5.74) is 2.27. The Hall–Kier alpha value is -0.540. The molecular formula is C15H14BrCl2N. The lowest BCUT2D eigenvalue weighted by Gasteiger charge is -2.18. The number of nitrogens with one attached hydrogen (secondary N) is 1. The van der Waals surface area contributed by atoms with Gasteiger partial charge in [-0.25, -0.2) is 0 Å². The molecule has 1 unspecified atom stereocenters. The summed E-state index contributed by atoms with van der Waals surface area (Å²) in [5.74, 6) is 0. The van der Waals surface area contributed by atoms with Crippen LogP contribution in [0.3, 0.4) is 0 Å². The summed E-state index contributed by atoms with van der Waals surface area (Å²) < 4.78 is 1.03. The van der Waals surface area contributed by atoms with Gasteiger partial charge in [0.25, 0.3) is 0 Å². The molecule has 0 aromatic heterocycles. The van der Waals surface area contributed by atoms with Crippen molar-refractivity contribution >= 4 is 39.1 Å². The summed E-state index contributed by atoms with van der Waals surface area (Å²) in [6.45, 7) is 0. The molecule has 0 fully saturated rings. The quantitative estimate of drug-likeness (QED) is 0.786. The van der Waals surface area contributed by atoms with Gasteiger partial charge >= 0.3 is 0 Å². The van der Waals surface area contributed by atoms with Crippen molar-refractivity contribution in [2.75, 3.05) is 7.05 Å². The molecule has 0 amide bonds. The van der Waals surface area contributed by atoms with Crippen molar-refractivity contribution in [1.29, 1.82) is 0 Å². The Morgan fingerprint density at radius 1 is 1.16 bits per heavy atom. The second-order valence-electron chi connectivity index (χ2n) is 4.34. The fourth-order valence-corrected chi connectivity index (χ4v) is 2.89. The molecule has 1 nitrogen and oxygen atoms in total. The average molecular weight is 359 g/mol. The molecule has 0 saturated heterocycles. The zero-order chi connectivity index (χ0) is 13.8. The van der Waals surface area contributed by atoms with E-state index in [9.17, 15) is 0 Å². The molecule has 2 aromatic carbocycles. The highest BCUT2D eigenvalue weighted by Gasteiger charge is 2.14. The van der Waals surface area contributed by atoms with Crippen LogP contribution in [0.5, 0.6) is 0 Å². The van der Waals surface area contributed by atoms with Crippen molar-refractivity contribution in [3.05, 3.63) is 68.1 Å². The van der Waals surface area contributed by atoms with Crippen LogP contribution in [0.15, 0.2) is 46.9 Å². The first-order valence-corrected chi connectivity index (χ1v) is 7.51. The van der Waals surface area contributed by atoms with Crippen LogP contribution in [-0.2, 0) is 6.42 Å². The van der Waals surface area contributed by atoms with Crippen molar-refractivity contribution in [1.82, 2.24) is 5.32 Å². The van der Waals surface area contributed by atoms with Crippen molar-refractivity contribution in [3.8, 4) is 0 Å². The van der Waals surface area contributed by atoms with Gasteiger partial charge in [0, 0.05) is 20.6 Å². The molecule has 2 aromatic rings. The van der Waals surface area contributed by atoms with Crippen LogP contribution in [0, 0.1) is 0 Å². The molecule has 0 saturated carbocycles. The molecule has 19 heavy (non-hydrogen) atoms. The third kappa shape index (κ3) is 3.96. The number of rotatable bonds is 4. The molecular weight excluding hydrogens is 345 g/mol. The Bertz CT molecular complexity index is 572. The smallest absolute Gasteiger partial charge is 0.0454 e. The Balaban J connectivity index is 2.27. The van der Waals surface area contributed by atoms with E-state index < -0.39 is 0 Å². The largest absolute Gasteiger partial charge is 0.313 e. The van der Waals surface area contributed by atoms with Crippen LogP contribution < -0.4 is 5.32 Å². The predicted molar refractivity (Wildman–Crippen MR) is 86.1 cm³/mol. The molecule has 0 radical (unpaired) electrons. The summed E-state index contributed by atoms with van der Waals surface area (Å²) in [6, 6.07) is 14.0. The maximum atomic E-state index is 6.28. The average Bonchev–Trinajstić information content (AvgIpc) is 2.39. The first kappa shape index (κ1) is 14.9. The summed E-state index contributed by atoms with van der Waals surface area (Å²) in [7, 11) is 1.94. The third-order valence-corrected chi connectivity index (χ3v) is 4.08. The van der Waals surface area contributed by atoms with Gasteiger partial charge in [0.2, 0.25) is 0 Å². The second-order valence-corrected chi connectivity index (χ2v) is 6.10. The molecule has 4 heteroatoms. The maximum Gasteiger partial charge on any atom is 0.0454 e. The van der Waals surface area contributed by atoms with Crippen LogP contribution >= 0.6 is 39.1 Å². The van der Waals surface area contributed by atoms with Crippen molar-refractivity contribution in [3.63, 3.8) is 0 Å². The van der Waals surface area contributed by atoms with E-state index in [1.807, 2.05) is 43.4 Å². The Kier molecular flexibility index (Phi) is 5.28.